The van der Waals surface area contributed by atoms with Crippen LogP contribution in [-0.4, -0.2) is 41.9 Å². The van der Waals surface area contributed by atoms with Gasteiger partial charge in [-0.15, -0.1) is 0 Å². The van der Waals surface area contributed by atoms with Crippen LogP contribution in [-0.2, 0) is 16.0 Å². The summed E-state index contributed by atoms with van der Waals surface area (Å²) < 4.78 is 22.0. The van der Waals surface area contributed by atoms with E-state index in [1.165, 1.54) is 11.0 Å². The number of carbonyl (C=O) groups excluding carboxylic acids is 2. The van der Waals surface area contributed by atoms with Gasteiger partial charge in [0, 0.05) is 23.7 Å². The fraction of sp³-hybridized carbons (Fsp3) is 0.214. The number of phenolic OH excluding ortho intramolecular Hbond substituents is 1. The van der Waals surface area contributed by atoms with E-state index < -0.39 is 17.7 Å². The van der Waals surface area contributed by atoms with Crippen molar-refractivity contribution in [3.63, 3.8) is 0 Å². The molecule has 0 aromatic heterocycles. The van der Waals surface area contributed by atoms with Crippen molar-refractivity contribution in [2.24, 2.45) is 0 Å². The van der Waals surface area contributed by atoms with E-state index >= 15 is 0 Å². The highest BCUT2D eigenvalue weighted by molar-refractivity contribution is 6.51. The topological polar surface area (TPSA) is 115 Å². The van der Waals surface area contributed by atoms with Crippen molar-refractivity contribution in [2.75, 3.05) is 24.9 Å². The van der Waals surface area contributed by atoms with Gasteiger partial charge in [-0.05, 0) is 60.5 Å². The van der Waals surface area contributed by atoms with E-state index in [9.17, 15) is 19.8 Å². The van der Waals surface area contributed by atoms with Gasteiger partial charge >= 0.3 is 0 Å². The first kappa shape index (κ1) is 22.8. The number of hydrogen-bond acceptors (Lipinski definition) is 8. The van der Waals surface area contributed by atoms with Crippen molar-refractivity contribution < 1.29 is 38.7 Å². The zero-order chi connectivity index (χ0) is 25.7. The number of ether oxygens (including phenoxy) is 4. The fourth-order valence-electron chi connectivity index (χ4n) is 4.91. The standard InChI is InChI=1S/C28H23NO8/c1-2-34-22-12-16(3-6-19(22)30)25-24(26(31)17-4-7-20-15(11-17)9-10-35-20)27(32)28(33)29(25)18-5-8-21-23(13-18)37-14-36-21/h3-8,11-13,25,30-31H,2,9-10,14H2,1H3/b26-24+. The number of rotatable bonds is 5. The predicted molar refractivity (Wildman–Crippen MR) is 132 cm³/mol. The Morgan fingerprint density at radius 1 is 1.00 bits per heavy atom. The lowest BCUT2D eigenvalue weighted by molar-refractivity contribution is -0.132. The van der Waals surface area contributed by atoms with Gasteiger partial charge in [0.05, 0.1) is 24.8 Å². The lowest BCUT2D eigenvalue weighted by atomic mass is 9.94. The number of aromatic hydroxyl groups is 1. The molecule has 188 valence electrons. The normalized spacial score (nSPS) is 19.2. The molecule has 2 N–H and O–H groups in total. The van der Waals surface area contributed by atoms with Crippen molar-refractivity contribution in [1.29, 1.82) is 0 Å². The van der Waals surface area contributed by atoms with Crippen LogP contribution in [0.25, 0.3) is 5.76 Å². The molecular weight excluding hydrogens is 478 g/mol. The van der Waals surface area contributed by atoms with E-state index in [0.29, 0.717) is 47.9 Å². The second-order valence-corrected chi connectivity index (χ2v) is 8.79. The summed E-state index contributed by atoms with van der Waals surface area (Å²) in [6.07, 6.45) is 0.682. The minimum atomic E-state index is -0.996. The number of carbonyl (C=O) groups is 2. The highest BCUT2D eigenvalue weighted by Crippen LogP contribution is 2.46. The molecule has 1 unspecified atom stereocenters. The maximum atomic E-state index is 13.5. The van der Waals surface area contributed by atoms with Gasteiger partial charge < -0.3 is 29.2 Å². The van der Waals surface area contributed by atoms with Crippen LogP contribution in [0.15, 0.2) is 60.2 Å². The molecule has 1 atom stereocenters. The molecular formula is C28H23NO8. The molecule has 6 rings (SSSR count). The lowest BCUT2D eigenvalue weighted by Crippen LogP contribution is -2.29. The SMILES string of the molecule is CCOc1cc(C2/C(=C(\O)c3ccc4c(c3)CCO4)C(=O)C(=O)N2c2ccc3c(c2)OCO3)ccc1O. The van der Waals surface area contributed by atoms with Crippen LogP contribution in [0, 0.1) is 0 Å². The Kier molecular flexibility index (Phi) is 5.40. The Labute approximate surface area is 212 Å². The first-order chi connectivity index (χ1) is 18.0. The number of aliphatic hydroxyl groups is 1. The molecule has 1 fully saturated rings. The van der Waals surface area contributed by atoms with Crippen LogP contribution in [0.5, 0.6) is 28.7 Å². The van der Waals surface area contributed by atoms with E-state index in [1.807, 2.05) is 0 Å². The summed E-state index contributed by atoms with van der Waals surface area (Å²) in [6, 6.07) is 13.7. The Morgan fingerprint density at radius 2 is 1.81 bits per heavy atom. The van der Waals surface area contributed by atoms with Crippen LogP contribution < -0.4 is 23.8 Å². The summed E-state index contributed by atoms with van der Waals surface area (Å²) in [5.74, 6) is -0.113. The summed E-state index contributed by atoms with van der Waals surface area (Å²) in [5, 5.41) is 21.7. The van der Waals surface area contributed by atoms with E-state index in [4.69, 9.17) is 18.9 Å². The average molecular weight is 501 g/mol. The largest absolute Gasteiger partial charge is 0.507 e. The Hall–Kier alpha value is -4.66. The molecule has 0 radical (unpaired) electrons. The predicted octanol–water partition coefficient (Wildman–Crippen LogP) is 4.08. The number of nitrogens with zero attached hydrogens (tertiary/aromatic N) is 1. The summed E-state index contributed by atoms with van der Waals surface area (Å²) in [7, 11) is 0. The van der Waals surface area contributed by atoms with E-state index in [2.05, 4.69) is 0 Å². The van der Waals surface area contributed by atoms with E-state index in [-0.39, 0.29) is 29.6 Å². The molecule has 1 amide bonds. The third kappa shape index (κ3) is 3.70. The van der Waals surface area contributed by atoms with Crippen LogP contribution >= 0.6 is 0 Å². The fourth-order valence-corrected chi connectivity index (χ4v) is 4.91. The molecule has 0 aliphatic carbocycles. The smallest absolute Gasteiger partial charge is 0.300 e. The molecule has 0 saturated carbocycles. The highest BCUT2D eigenvalue weighted by Gasteiger charge is 2.47. The Balaban J connectivity index is 1.54. The molecule has 3 aliphatic heterocycles. The molecule has 3 aliphatic rings. The number of benzene rings is 3. The van der Waals surface area contributed by atoms with E-state index in [1.54, 1.807) is 55.5 Å². The zero-order valence-electron chi connectivity index (χ0n) is 19.9. The summed E-state index contributed by atoms with van der Waals surface area (Å²) >= 11 is 0. The minimum absolute atomic E-state index is 0.0543. The molecule has 3 aromatic rings. The molecule has 9 nitrogen and oxygen atoms in total. The van der Waals surface area contributed by atoms with Crippen molar-refractivity contribution in [2.45, 2.75) is 19.4 Å². The molecule has 0 bridgehead atoms. The molecule has 1 saturated heterocycles. The van der Waals surface area contributed by atoms with Crippen molar-refractivity contribution in [3.8, 4) is 28.7 Å². The number of Topliss-reactive ketones (excluding diaryl/α,β-unsaturated/α-hetero) is 1. The second-order valence-electron chi connectivity index (χ2n) is 8.79. The van der Waals surface area contributed by atoms with Gasteiger partial charge in [-0.3, -0.25) is 14.5 Å². The summed E-state index contributed by atoms with van der Waals surface area (Å²) in [4.78, 5) is 28.2. The third-order valence-corrected chi connectivity index (χ3v) is 6.64. The van der Waals surface area contributed by atoms with Crippen LogP contribution in [0.4, 0.5) is 5.69 Å². The number of amides is 1. The van der Waals surface area contributed by atoms with Gasteiger partial charge in [-0.2, -0.15) is 0 Å². The van der Waals surface area contributed by atoms with Crippen LogP contribution in [0.1, 0.15) is 29.7 Å². The highest BCUT2D eigenvalue weighted by atomic mass is 16.7. The first-order valence-electron chi connectivity index (χ1n) is 11.9. The summed E-state index contributed by atoms with van der Waals surface area (Å²) in [5.41, 5.74) is 2.11. The van der Waals surface area contributed by atoms with Gasteiger partial charge in [0.2, 0.25) is 6.79 Å². The maximum Gasteiger partial charge on any atom is 0.300 e. The van der Waals surface area contributed by atoms with E-state index in [0.717, 1.165) is 11.3 Å². The third-order valence-electron chi connectivity index (χ3n) is 6.64. The number of ketones is 1. The van der Waals surface area contributed by atoms with Crippen molar-refractivity contribution >= 4 is 23.1 Å². The number of anilines is 1. The van der Waals surface area contributed by atoms with Gasteiger partial charge in [0.25, 0.3) is 11.7 Å². The average Bonchev–Trinajstić information content (AvgIpc) is 3.62. The number of fused-ring (bicyclic) bond motifs is 2. The first-order valence-corrected chi connectivity index (χ1v) is 11.9. The molecule has 3 aromatic carbocycles. The zero-order valence-corrected chi connectivity index (χ0v) is 19.9. The number of aliphatic hydroxyl groups excluding tert-OH is 1. The quantitative estimate of drug-likeness (QED) is 0.305. The number of hydrogen-bond donors (Lipinski definition) is 2. The Morgan fingerprint density at radius 3 is 2.65 bits per heavy atom. The molecule has 9 heteroatoms. The molecule has 3 heterocycles. The lowest BCUT2D eigenvalue weighted by Gasteiger charge is -2.26. The van der Waals surface area contributed by atoms with Crippen LogP contribution in [0.2, 0.25) is 0 Å². The molecule has 37 heavy (non-hydrogen) atoms. The van der Waals surface area contributed by atoms with Crippen LogP contribution in [0.3, 0.4) is 0 Å². The van der Waals surface area contributed by atoms with Crippen molar-refractivity contribution in [1.82, 2.24) is 0 Å². The minimum Gasteiger partial charge on any atom is -0.507 e. The van der Waals surface area contributed by atoms with Gasteiger partial charge in [-0.1, -0.05) is 6.07 Å². The maximum absolute atomic E-state index is 13.5. The van der Waals surface area contributed by atoms with Crippen molar-refractivity contribution in [3.05, 3.63) is 76.9 Å². The number of phenols is 1. The van der Waals surface area contributed by atoms with Gasteiger partial charge in [0.1, 0.15) is 11.5 Å². The summed E-state index contributed by atoms with van der Waals surface area (Å²) in [6.45, 7) is 2.68. The van der Waals surface area contributed by atoms with Gasteiger partial charge in [0.15, 0.2) is 23.0 Å². The monoisotopic (exact) mass is 501 g/mol. The Bertz CT molecular complexity index is 1480. The second kappa shape index (κ2) is 8.77. The molecule has 0 spiro atoms. The van der Waals surface area contributed by atoms with Gasteiger partial charge in [-0.25, -0.2) is 0 Å².